The van der Waals surface area contributed by atoms with Crippen LogP contribution in [-0.2, 0) is 4.79 Å². The van der Waals surface area contributed by atoms with Crippen LogP contribution in [0.4, 0.5) is 10.5 Å². The highest BCUT2D eigenvalue weighted by Gasteiger charge is 2.22. The molecule has 3 aromatic rings. The van der Waals surface area contributed by atoms with Gasteiger partial charge in [-0.2, -0.15) is 0 Å². The molecule has 0 fully saturated rings. The van der Waals surface area contributed by atoms with E-state index in [1.165, 1.54) is 0 Å². The van der Waals surface area contributed by atoms with Crippen molar-refractivity contribution >= 4 is 17.6 Å². The number of anilines is 1. The predicted octanol–water partition coefficient (Wildman–Crippen LogP) is 4.45. The van der Waals surface area contributed by atoms with E-state index in [1.807, 2.05) is 68.4 Å². The molecule has 3 aromatic carbocycles. The molecule has 0 aliphatic carbocycles. The number of aryl methyl sites for hydroxylation is 1. The summed E-state index contributed by atoms with van der Waals surface area (Å²) in [6.45, 7) is 3.83. The molecule has 0 heterocycles. The molecule has 154 valence electrons. The molecular weight excluding hydrogens is 374 g/mol. The second-order valence-corrected chi connectivity index (χ2v) is 7.33. The molecule has 0 aliphatic heterocycles. The summed E-state index contributed by atoms with van der Waals surface area (Å²) in [5.74, 6) is -0.226. The third kappa shape index (κ3) is 5.95. The Morgan fingerprint density at radius 3 is 2.00 bits per heavy atom. The van der Waals surface area contributed by atoms with Gasteiger partial charge in [0, 0.05) is 17.6 Å². The lowest BCUT2D eigenvalue weighted by Crippen LogP contribution is -2.44. The molecule has 1 atom stereocenters. The van der Waals surface area contributed by atoms with Gasteiger partial charge in [-0.3, -0.25) is 4.79 Å². The highest BCUT2D eigenvalue weighted by Crippen LogP contribution is 2.27. The Kier molecular flexibility index (Phi) is 7.22. The molecule has 0 aromatic heterocycles. The highest BCUT2D eigenvalue weighted by molar-refractivity contribution is 5.92. The molecule has 0 saturated heterocycles. The van der Waals surface area contributed by atoms with Gasteiger partial charge in [-0.05, 0) is 42.7 Å². The number of hydrogen-bond acceptors (Lipinski definition) is 2. The fourth-order valence-corrected chi connectivity index (χ4v) is 3.54. The number of amides is 3. The Bertz CT molecular complexity index is 934. The maximum atomic E-state index is 12.5. The second kappa shape index (κ2) is 10.3. The first-order chi connectivity index (χ1) is 14.5. The van der Waals surface area contributed by atoms with Crippen LogP contribution in [0.5, 0.6) is 0 Å². The van der Waals surface area contributed by atoms with Crippen LogP contribution in [0.25, 0.3) is 0 Å². The smallest absolute Gasteiger partial charge is 0.319 e. The average Bonchev–Trinajstić information content (AvgIpc) is 2.74. The lowest BCUT2D eigenvalue weighted by Gasteiger charge is -2.26. The SMILES string of the molecule is Cc1cccc(NC(=O)NCC(=O)NC(C)C(c2ccccc2)c2ccccc2)c1. The van der Waals surface area contributed by atoms with Crippen molar-refractivity contribution in [3.63, 3.8) is 0 Å². The molecule has 3 N–H and O–H groups in total. The van der Waals surface area contributed by atoms with Crippen molar-refractivity contribution in [1.82, 2.24) is 10.6 Å². The Morgan fingerprint density at radius 2 is 1.43 bits per heavy atom. The Balaban J connectivity index is 1.59. The molecule has 0 aliphatic rings. The summed E-state index contributed by atoms with van der Waals surface area (Å²) >= 11 is 0. The fraction of sp³-hybridized carbons (Fsp3) is 0.200. The third-order valence-corrected chi connectivity index (χ3v) is 4.89. The van der Waals surface area contributed by atoms with Crippen molar-refractivity contribution < 1.29 is 9.59 Å². The minimum Gasteiger partial charge on any atom is -0.351 e. The molecule has 1 unspecified atom stereocenters. The molecule has 0 saturated carbocycles. The number of benzene rings is 3. The minimum atomic E-state index is -0.411. The van der Waals surface area contributed by atoms with E-state index in [9.17, 15) is 9.59 Å². The number of rotatable bonds is 7. The number of urea groups is 1. The summed E-state index contributed by atoms with van der Waals surface area (Å²) in [5.41, 5.74) is 3.99. The maximum Gasteiger partial charge on any atom is 0.319 e. The van der Waals surface area contributed by atoms with Crippen molar-refractivity contribution in [3.05, 3.63) is 102 Å². The summed E-state index contributed by atoms with van der Waals surface area (Å²) in [6.07, 6.45) is 0. The van der Waals surface area contributed by atoms with Crippen LogP contribution < -0.4 is 16.0 Å². The van der Waals surface area contributed by atoms with Gasteiger partial charge in [0.1, 0.15) is 0 Å². The topological polar surface area (TPSA) is 70.2 Å². The van der Waals surface area contributed by atoms with Gasteiger partial charge >= 0.3 is 6.03 Å². The summed E-state index contributed by atoms with van der Waals surface area (Å²) in [7, 11) is 0. The number of carbonyl (C=O) groups excluding carboxylic acids is 2. The zero-order valence-electron chi connectivity index (χ0n) is 17.3. The number of hydrogen-bond donors (Lipinski definition) is 3. The Morgan fingerprint density at radius 1 is 0.833 bits per heavy atom. The zero-order chi connectivity index (χ0) is 21.3. The van der Waals surface area contributed by atoms with Crippen LogP contribution in [0.3, 0.4) is 0 Å². The molecule has 0 bridgehead atoms. The third-order valence-electron chi connectivity index (χ3n) is 4.89. The van der Waals surface area contributed by atoms with Crippen molar-refractivity contribution in [3.8, 4) is 0 Å². The van der Waals surface area contributed by atoms with E-state index in [0.29, 0.717) is 5.69 Å². The van der Waals surface area contributed by atoms with Crippen LogP contribution in [-0.4, -0.2) is 24.5 Å². The standard InChI is InChI=1S/C25H27N3O2/c1-18-10-9-15-22(16-18)28-25(30)26-17-23(29)27-19(2)24(20-11-5-3-6-12-20)21-13-7-4-8-14-21/h3-16,19,24H,17H2,1-2H3,(H,27,29)(H2,26,28,30). The van der Waals surface area contributed by atoms with E-state index in [0.717, 1.165) is 16.7 Å². The van der Waals surface area contributed by atoms with Crippen molar-refractivity contribution in [2.75, 3.05) is 11.9 Å². The van der Waals surface area contributed by atoms with Gasteiger partial charge in [-0.25, -0.2) is 4.79 Å². The molecule has 3 rings (SSSR count). The van der Waals surface area contributed by atoms with Gasteiger partial charge in [0.05, 0.1) is 6.54 Å². The first-order valence-corrected chi connectivity index (χ1v) is 10.0. The monoisotopic (exact) mass is 401 g/mol. The van der Waals surface area contributed by atoms with Gasteiger partial charge in [0.15, 0.2) is 0 Å². The normalized spacial score (nSPS) is 11.6. The number of nitrogens with one attached hydrogen (secondary N) is 3. The summed E-state index contributed by atoms with van der Waals surface area (Å²) in [6, 6.07) is 27.1. The van der Waals surface area contributed by atoms with E-state index in [1.54, 1.807) is 6.07 Å². The van der Waals surface area contributed by atoms with Gasteiger partial charge in [-0.15, -0.1) is 0 Å². The van der Waals surface area contributed by atoms with Crippen molar-refractivity contribution in [2.24, 2.45) is 0 Å². The summed E-state index contributed by atoms with van der Waals surface area (Å²) in [4.78, 5) is 24.6. The van der Waals surface area contributed by atoms with E-state index in [2.05, 4.69) is 40.2 Å². The molecule has 0 radical (unpaired) electrons. The summed E-state index contributed by atoms with van der Waals surface area (Å²) in [5, 5.41) is 8.37. The fourth-order valence-electron chi connectivity index (χ4n) is 3.54. The van der Waals surface area contributed by atoms with Gasteiger partial charge in [-0.1, -0.05) is 72.8 Å². The van der Waals surface area contributed by atoms with E-state index in [4.69, 9.17) is 0 Å². The first-order valence-electron chi connectivity index (χ1n) is 10.0. The van der Waals surface area contributed by atoms with E-state index >= 15 is 0 Å². The molecule has 3 amide bonds. The Labute approximate surface area is 177 Å². The lowest BCUT2D eigenvalue weighted by molar-refractivity contribution is -0.120. The number of carbonyl (C=O) groups is 2. The molecule has 5 heteroatoms. The van der Waals surface area contributed by atoms with Crippen LogP contribution in [0.1, 0.15) is 29.5 Å². The van der Waals surface area contributed by atoms with E-state index < -0.39 is 6.03 Å². The quantitative estimate of drug-likeness (QED) is 0.547. The molecular formula is C25H27N3O2. The predicted molar refractivity (Wildman–Crippen MR) is 121 cm³/mol. The maximum absolute atomic E-state index is 12.5. The van der Waals surface area contributed by atoms with E-state index in [-0.39, 0.29) is 24.4 Å². The first kappa shape index (κ1) is 21.1. The van der Waals surface area contributed by atoms with Crippen LogP contribution in [0.2, 0.25) is 0 Å². The van der Waals surface area contributed by atoms with Crippen LogP contribution >= 0.6 is 0 Å². The van der Waals surface area contributed by atoms with Crippen LogP contribution in [0.15, 0.2) is 84.9 Å². The highest BCUT2D eigenvalue weighted by atomic mass is 16.2. The van der Waals surface area contributed by atoms with Crippen molar-refractivity contribution in [1.29, 1.82) is 0 Å². The van der Waals surface area contributed by atoms with Crippen LogP contribution in [0, 0.1) is 6.92 Å². The molecule has 30 heavy (non-hydrogen) atoms. The second-order valence-electron chi connectivity index (χ2n) is 7.33. The average molecular weight is 402 g/mol. The van der Waals surface area contributed by atoms with Gasteiger partial charge in [0.25, 0.3) is 0 Å². The van der Waals surface area contributed by atoms with Gasteiger partial charge in [0.2, 0.25) is 5.91 Å². The summed E-state index contributed by atoms with van der Waals surface area (Å²) < 4.78 is 0. The van der Waals surface area contributed by atoms with Crippen molar-refractivity contribution in [2.45, 2.75) is 25.8 Å². The molecule has 0 spiro atoms. The minimum absolute atomic E-state index is 0.0115. The molecule has 5 nitrogen and oxygen atoms in total. The Hall–Kier alpha value is -3.60. The lowest BCUT2D eigenvalue weighted by atomic mass is 9.86. The van der Waals surface area contributed by atoms with Gasteiger partial charge < -0.3 is 16.0 Å². The largest absolute Gasteiger partial charge is 0.351 e. The zero-order valence-corrected chi connectivity index (χ0v) is 17.3.